The summed E-state index contributed by atoms with van der Waals surface area (Å²) in [4.78, 5) is 3.61. The van der Waals surface area contributed by atoms with Gasteiger partial charge in [-0.3, -0.25) is 4.72 Å². The average Bonchev–Trinajstić information content (AvgIpc) is 3.19. The second kappa shape index (κ2) is 9.03. The summed E-state index contributed by atoms with van der Waals surface area (Å²) in [6.45, 7) is 6.88. The Morgan fingerprint density at radius 2 is 1.72 bits per heavy atom. The van der Waals surface area contributed by atoms with Crippen molar-refractivity contribution in [2.24, 2.45) is 4.36 Å². The zero-order chi connectivity index (χ0) is 22.9. The normalized spacial score (nSPS) is 17.2. The van der Waals surface area contributed by atoms with Gasteiger partial charge in [-0.05, 0) is 49.7 Å². The number of aromatic amines is 1. The number of H-pyrrole nitrogens is 1. The minimum Gasteiger partial charge on any atom is -0.358 e. The fourth-order valence-corrected chi connectivity index (χ4v) is 7.33. The molecular weight excluding hydrogens is 470 g/mol. The van der Waals surface area contributed by atoms with Crippen LogP contribution in [0.15, 0.2) is 56.7 Å². The van der Waals surface area contributed by atoms with E-state index in [2.05, 4.69) is 19.4 Å². The van der Waals surface area contributed by atoms with Crippen molar-refractivity contribution in [1.82, 2.24) is 14.6 Å². The molecule has 0 spiro atoms. The van der Waals surface area contributed by atoms with E-state index in [1.807, 2.05) is 24.2 Å². The Hall–Kier alpha value is -2.11. The highest BCUT2D eigenvalue weighted by Crippen LogP contribution is 2.32. The molecule has 0 amide bonds. The maximum Gasteiger partial charge on any atom is 0.261 e. The zero-order valence-corrected chi connectivity index (χ0v) is 20.3. The Kier molecular flexibility index (Phi) is 6.51. The van der Waals surface area contributed by atoms with Crippen LogP contribution >= 0.6 is 11.6 Å². The molecule has 1 aromatic heterocycles. The number of nitrogens with zero attached hydrogens (tertiary/aromatic N) is 2. The van der Waals surface area contributed by atoms with E-state index in [4.69, 9.17) is 11.6 Å². The van der Waals surface area contributed by atoms with E-state index >= 15 is 0 Å². The number of piperazine rings is 1. The molecule has 1 unspecified atom stereocenters. The summed E-state index contributed by atoms with van der Waals surface area (Å²) < 4.78 is 48.7. The number of sulfonamides is 1. The molecule has 1 fully saturated rings. The highest BCUT2D eigenvalue weighted by atomic mass is 35.5. The lowest BCUT2D eigenvalue weighted by molar-refractivity contribution is 0.376. The first-order valence-electron chi connectivity index (χ1n) is 10.3. The number of nitrogens with one attached hydrogen (secondary N) is 3. The van der Waals surface area contributed by atoms with E-state index in [1.54, 1.807) is 24.4 Å². The van der Waals surface area contributed by atoms with E-state index in [0.717, 1.165) is 24.0 Å². The molecule has 8 nitrogen and oxygen atoms in total. The Balaban J connectivity index is 1.66. The van der Waals surface area contributed by atoms with Gasteiger partial charge in [0.15, 0.2) is 0 Å². The summed E-state index contributed by atoms with van der Waals surface area (Å²) in [5.74, 6) is 0. The third-order valence-corrected chi connectivity index (χ3v) is 9.65. The van der Waals surface area contributed by atoms with Crippen LogP contribution in [-0.2, 0) is 19.9 Å². The maximum atomic E-state index is 13.7. The lowest BCUT2D eigenvalue weighted by Gasteiger charge is -2.30. The second-order valence-electron chi connectivity index (χ2n) is 7.51. The van der Waals surface area contributed by atoms with Crippen LogP contribution in [0, 0.1) is 6.92 Å². The smallest absolute Gasteiger partial charge is 0.261 e. The topological polar surface area (TPSA) is 107 Å². The van der Waals surface area contributed by atoms with Gasteiger partial charge in [-0.2, -0.15) is 0 Å². The van der Waals surface area contributed by atoms with Crippen molar-refractivity contribution in [3.8, 4) is 0 Å². The largest absolute Gasteiger partial charge is 0.358 e. The first-order chi connectivity index (χ1) is 15.3. The molecule has 1 aliphatic rings. The molecular formula is C21H26ClN5O3S2. The van der Waals surface area contributed by atoms with Crippen molar-refractivity contribution in [1.29, 1.82) is 0 Å². The lowest BCUT2D eigenvalue weighted by Crippen LogP contribution is -2.46. The molecule has 3 N–H and O–H groups in total. The van der Waals surface area contributed by atoms with Crippen LogP contribution in [0.25, 0.3) is 10.9 Å². The summed E-state index contributed by atoms with van der Waals surface area (Å²) in [5, 5.41) is 4.55. The van der Waals surface area contributed by atoms with Crippen molar-refractivity contribution < 1.29 is 12.6 Å². The monoisotopic (exact) mass is 495 g/mol. The highest BCUT2D eigenvalue weighted by molar-refractivity contribution is 7.93. The van der Waals surface area contributed by atoms with Crippen molar-refractivity contribution in [2.45, 2.75) is 23.6 Å². The number of rotatable bonds is 6. The molecule has 2 aromatic carbocycles. The highest BCUT2D eigenvalue weighted by Gasteiger charge is 2.25. The van der Waals surface area contributed by atoms with Gasteiger partial charge in [0.05, 0.1) is 26.0 Å². The van der Waals surface area contributed by atoms with Gasteiger partial charge in [0.1, 0.15) is 9.92 Å². The maximum absolute atomic E-state index is 13.7. The summed E-state index contributed by atoms with van der Waals surface area (Å²) >= 11 is 6.24. The number of aryl methyl sites for hydroxylation is 1. The fraction of sp³-hybridized carbons (Fsp3) is 0.333. The van der Waals surface area contributed by atoms with Crippen LogP contribution in [0.1, 0.15) is 12.5 Å². The lowest BCUT2D eigenvalue weighted by atomic mass is 10.1. The van der Waals surface area contributed by atoms with E-state index in [0.29, 0.717) is 40.8 Å². The number of fused-ring (bicyclic) bond motifs is 1. The van der Waals surface area contributed by atoms with Crippen LogP contribution < -0.4 is 10.0 Å². The first-order valence-corrected chi connectivity index (χ1v) is 13.7. The van der Waals surface area contributed by atoms with E-state index in [-0.39, 0.29) is 4.90 Å². The van der Waals surface area contributed by atoms with E-state index < -0.39 is 19.9 Å². The predicted octanol–water partition coefficient (Wildman–Crippen LogP) is 3.60. The van der Waals surface area contributed by atoms with Crippen LogP contribution in [0.2, 0.25) is 5.02 Å². The Morgan fingerprint density at radius 1 is 1.06 bits per heavy atom. The standard InChI is InChI=1S/C21H26ClN5O3S2/c1-3-25-31(28,27-12-10-23-11-13-27)16-5-7-17(8-6-16)32(29,30)26-19-9-4-15(2)20-18(22)14-24-21(19)20/h4-9,14,23-24,26H,3,10-13H2,1-2H3. The molecule has 3 aromatic rings. The molecule has 0 bridgehead atoms. The SMILES string of the molecule is CCN=S(=O)(c1ccc(S(=O)(=O)Nc2ccc(C)c3c(Cl)c[nH]c23)cc1)N1CCNCC1. The molecule has 11 heteroatoms. The molecule has 4 rings (SSSR count). The second-order valence-corrected chi connectivity index (χ2v) is 11.8. The number of anilines is 1. The summed E-state index contributed by atoms with van der Waals surface area (Å²) in [6.07, 6.45) is 1.63. The summed E-state index contributed by atoms with van der Waals surface area (Å²) in [5.41, 5.74) is 1.98. The van der Waals surface area contributed by atoms with Crippen molar-refractivity contribution in [3.05, 3.63) is 53.2 Å². The zero-order valence-electron chi connectivity index (χ0n) is 17.9. The predicted molar refractivity (Wildman–Crippen MR) is 129 cm³/mol. The Labute approximate surface area is 193 Å². The summed E-state index contributed by atoms with van der Waals surface area (Å²) in [7, 11) is -6.66. The molecule has 1 atom stereocenters. The van der Waals surface area contributed by atoms with Gasteiger partial charge >= 0.3 is 0 Å². The molecule has 0 saturated carbocycles. The van der Waals surface area contributed by atoms with Crippen molar-refractivity contribution >= 4 is 48.1 Å². The van der Waals surface area contributed by atoms with Gasteiger partial charge in [-0.1, -0.05) is 17.7 Å². The van der Waals surface area contributed by atoms with Gasteiger partial charge in [-0.15, -0.1) is 0 Å². The number of hydrogen-bond donors (Lipinski definition) is 3. The van der Waals surface area contributed by atoms with E-state index in [1.165, 1.54) is 12.1 Å². The number of hydrogen-bond acceptors (Lipinski definition) is 5. The minimum atomic E-state index is -3.87. The van der Waals surface area contributed by atoms with Crippen molar-refractivity contribution in [3.63, 3.8) is 0 Å². The molecule has 2 heterocycles. The van der Waals surface area contributed by atoms with E-state index in [9.17, 15) is 12.6 Å². The summed E-state index contributed by atoms with van der Waals surface area (Å²) in [6, 6.07) is 9.64. The fourth-order valence-electron chi connectivity index (χ4n) is 3.83. The molecule has 1 aliphatic heterocycles. The van der Waals surface area contributed by atoms with Gasteiger partial charge in [0, 0.05) is 44.3 Å². The van der Waals surface area contributed by atoms with Crippen LogP contribution in [0.5, 0.6) is 0 Å². The quantitative estimate of drug-likeness (QED) is 0.485. The molecule has 172 valence electrons. The molecule has 32 heavy (non-hydrogen) atoms. The Bertz CT molecular complexity index is 1350. The van der Waals surface area contributed by atoms with Crippen LogP contribution in [0.3, 0.4) is 0 Å². The number of aromatic nitrogens is 1. The molecule has 0 aliphatic carbocycles. The molecule has 0 radical (unpaired) electrons. The van der Waals surface area contributed by atoms with Gasteiger partial charge in [0.2, 0.25) is 0 Å². The third-order valence-electron chi connectivity index (χ3n) is 5.41. The average molecular weight is 496 g/mol. The van der Waals surface area contributed by atoms with Gasteiger partial charge in [0.25, 0.3) is 10.0 Å². The van der Waals surface area contributed by atoms with Crippen LogP contribution in [0.4, 0.5) is 5.69 Å². The van der Waals surface area contributed by atoms with Crippen molar-refractivity contribution in [2.75, 3.05) is 37.4 Å². The minimum absolute atomic E-state index is 0.0752. The first kappa shape index (κ1) is 23.1. The van der Waals surface area contributed by atoms with Gasteiger partial charge < -0.3 is 10.3 Å². The van der Waals surface area contributed by atoms with Gasteiger partial charge in [-0.25, -0.2) is 21.3 Å². The Morgan fingerprint density at radius 3 is 2.38 bits per heavy atom. The number of benzene rings is 2. The third kappa shape index (κ3) is 4.25. The number of halogens is 1. The van der Waals surface area contributed by atoms with Crippen LogP contribution in [-0.4, -0.2) is 54.6 Å². The molecule has 1 saturated heterocycles.